The van der Waals surface area contributed by atoms with Crippen LogP contribution in [0.4, 0.5) is 10.1 Å². The Morgan fingerprint density at radius 1 is 1.17 bits per heavy atom. The zero-order valence-electron chi connectivity index (χ0n) is 12.7. The molecule has 0 saturated heterocycles. The molecule has 0 fully saturated rings. The predicted octanol–water partition coefficient (Wildman–Crippen LogP) is 4.84. The monoisotopic (exact) mass is 394 g/mol. The Bertz CT molecular complexity index is 732. The van der Waals surface area contributed by atoms with Crippen molar-refractivity contribution >= 4 is 44.9 Å². The lowest BCUT2D eigenvalue weighted by Gasteiger charge is -2.11. The first-order valence-corrected chi connectivity index (χ1v) is 8.24. The fraction of sp³-hybridized carbons (Fsp3) is 0.176. The number of amides is 1. The summed E-state index contributed by atoms with van der Waals surface area (Å²) in [7, 11) is 0. The molecule has 0 aromatic heterocycles. The topological polar surface area (TPSA) is 41.1 Å². The van der Waals surface area contributed by atoms with Crippen LogP contribution in [0.3, 0.4) is 0 Å². The summed E-state index contributed by atoms with van der Waals surface area (Å²) in [6.07, 6.45) is 0. The van der Waals surface area contributed by atoms with Crippen LogP contribution in [0, 0.1) is 5.82 Å². The summed E-state index contributed by atoms with van der Waals surface area (Å²) >= 11 is 8.23. The van der Waals surface area contributed by atoms with E-state index < -0.39 is 5.82 Å². The van der Waals surface area contributed by atoms with Gasteiger partial charge in [0.1, 0.15) is 5.82 Å². The summed E-state index contributed by atoms with van der Waals surface area (Å²) in [6.45, 7) is 4.17. The molecule has 0 radical (unpaired) electrons. The van der Waals surface area contributed by atoms with Crippen LogP contribution < -0.4 is 10.6 Å². The first-order valence-electron chi connectivity index (χ1n) is 7.04. The second-order valence-corrected chi connectivity index (χ2v) is 6.63. The molecule has 0 aliphatic heterocycles. The molecule has 1 amide bonds. The van der Waals surface area contributed by atoms with Crippen LogP contribution in [0.5, 0.6) is 0 Å². The van der Waals surface area contributed by atoms with E-state index in [1.54, 1.807) is 18.2 Å². The smallest absolute Gasteiger partial charge is 0.257 e. The molecule has 2 aromatic carbocycles. The summed E-state index contributed by atoms with van der Waals surface area (Å²) < 4.78 is 14.4. The third kappa shape index (κ3) is 4.84. The Hall–Kier alpha value is -1.79. The average molecular weight is 395 g/mol. The summed E-state index contributed by atoms with van der Waals surface area (Å²) in [6, 6.07) is 11.8. The fourth-order valence-corrected chi connectivity index (χ4v) is 2.47. The van der Waals surface area contributed by atoms with E-state index in [-0.39, 0.29) is 16.7 Å². The molecule has 0 heterocycles. The molecule has 0 spiro atoms. The summed E-state index contributed by atoms with van der Waals surface area (Å²) in [4.78, 5) is 12.1. The molecule has 2 N–H and O–H groups in total. The number of benzene rings is 2. The minimum Gasteiger partial charge on any atom is -0.330 e. The van der Waals surface area contributed by atoms with Gasteiger partial charge in [0.25, 0.3) is 5.91 Å². The number of carbonyl (C=O) groups is 1. The number of anilines is 1. The number of carbonyl (C=O) groups excluding carboxylic acids is 1. The highest BCUT2D eigenvalue weighted by atomic mass is 79.9. The van der Waals surface area contributed by atoms with Gasteiger partial charge in [-0.2, -0.15) is 0 Å². The highest BCUT2D eigenvalue weighted by Gasteiger charge is 2.10. The fourth-order valence-electron chi connectivity index (χ4n) is 1.94. The van der Waals surface area contributed by atoms with E-state index in [0.717, 1.165) is 5.56 Å². The van der Waals surface area contributed by atoms with Gasteiger partial charge in [0, 0.05) is 10.0 Å². The largest absolute Gasteiger partial charge is 0.330 e. The highest BCUT2D eigenvalue weighted by molar-refractivity contribution is 9.10. The van der Waals surface area contributed by atoms with Crippen molar-refractivity contribution in [2.45, 2.75) is 19.8 Å². The summed E-state index contributed by atoms with van der Waals surface area (Å²) in [5, 5.41) is 5.26. The molecule has 0 atom stereocenters. The van der Waals surface area contributed by atoms with E-state index >= 15 is 0 Å². The zero-order valence-corrected chi connectivity index (χ0v) is 15.1. The van der Waals surface area contributed by atoms with Crippen molar-refractivity contribution in [2.75, 3.05) is 5.32 Å². The van der Waals surface area contributed by atoms with Crippen molar-refractivity contribution < 1.29 is 9.18 Å². The molecule has 0 unspecified atom stereocenters. The van der Waals surface area contributed by atoms with Gasteiger partial charge >= 0.3 is 0 Å². The zero-order chi connectivity index (χ0) is 17.0. The number of rotatable bonds is 3. The molecule has 2 aromatic rings. The van der Waals surface area contributed by atoms with E-state index in [1.165, 1.54) is 12.1 Å². The third-order valence-corrected chi connectivity index (χ3v) is 3.94. The Labute approximate surface area is 148 Å². The second-order valence-electron chi connectivity index (χ2n) is 5.31. The lowest BCUT2D eigenvalue weighted by molar-refractivity contribution is 0.0977. The van der Waals surface area contributed by atoms with Gasteiger partial charge in [-0.05, 0) is 54.0 Å². The molecule has 0 aliphatic rings. The summed E-state index contributed by atoms with van der Waals surface area (Å²) in [5.74, 6) is -0.400. The van der Waals surface area contributed by atoms with Crippen molar-refractivity contribution in [2.24, 2.45) is 0 Å². The van der Waals surface area contributed by atoms with Crippen molar-refractivity contribution in [1.82, 2.24) is 5.32 Å². The standard InChI is InChI=1S/C17H16BrFN2OS/c1-10(2)11-3-5-12(6-4-11)16(22)21-17(23)20-15-8-7-13(18)9-14(15)19/h3-10H,1-2H3,(H2,20,21,22,23). The molecular weight excluding hydrogens is 379 g/mol. The van der Waals surface area contributed by atoms with E-state index in [4.69, 9.17) is 12.2 Å². The van der Waals surface area contributed by atoms with E-state index in [0.29, 0.717) is 16.0 Å². The van der Waals surface area contributed by atoms with Crippen molar-refractivity contribution in [3.05, 3.63) is 63.9 Å². The Kier molecular flexibility index (Phi) is 5.85. The van der Waals surface area contributed by atoms with E-state index in [1.807, 2.05) is 12.1 Å². The van der Waals surface area contributed by atoms with E-state index in [2.05, 4.69) is 40.4 Å². The molecule has 120 valence electrons. The minimum atomic E-state index is -0.461. The maximum Gasteiger partial charge on any atom is 0.257 e. The quantitative estimate of drug-likeness (QED) is 0.731. The van der Waals surface area contributed by atoms with Gasteiger partial charge in [-0.15, -0.1) is 0 Å². The van der Waals surface area contributed by atoms with Gasteiger partial charge in [0.15, 0.2) is 5.11 Å². The van der Waals surface area contributed by atoms with Gasteiger partial charge in [-0.25, -0.2) is 4.39 Å². The van der Waals surface area contributed by atoms with Crippen LogP contribution >= 0.6 is 28.1 Å². The number of hydrogen-bond donors (Lipinski definition) is 2. The maximum absolute atomic E-state index is 13.7. The van der Waals surface area contributed by atoms with E-state index in [9.17, 15) is 9.18 Å². The van der Waals surface area contributed by atoms with Crippen molar-refractivity contribution in [1.29, 1.82) is 0 Å². The molecule has 0 aliphatic carbocycles. The normalized spacial score (nSPS) is 10.5. The number of nitrogens with one attached hydrogen (secondary N) is 2. The number of halogens is 2. The van der Waals surface area contributed by atoms with Crippen molar-refractivity contribution in [3.63, 3.8) is 0 Å². The van der Waals surface area contributed by atoms with Gasteiger partial charge in [-0.3, -0.25) is 10.1 Å². The third-order valence-electron chi connectivity index (χ3n) is 3.25. The SMILES string of the molecule is CC(C)c1ccc(C(=O)NC(=S)Nc2ccc(Br)cc2F)cc1. The second kappa shape index (κ2) is 7.66. The minimum absolute atomic E-state index is 0.0455. The van der Waals surface area contributed by atoms with Gasteiger partial charge < -0.3 is 5.32 Å². The molecule has 6 heteroatoms. The van der Waals surface area contributed by atoms with Gasteiger partial charge in [-0.1, -0.05) is 41.9 Å². The van der Waals surface area contributed by atoms with Crippen LogP contribution in [-0.4, -0.2) is 11.0 Å². The lowest BCUT2D eigenvalue weighted by atomic mass is 10.0. The van der Waals surface area contributed by atoms with Crippen LogP contribution in [0.15, 0.2) is 46.9 Å². The summed E-state index contributed by atoms with van der Waals surface area (Å²) in [5.41, 5.74) is 1.85. The van der Waals surface area contributed by atoms with Gasteiger partial charge in [0.2, 0.25) is 0 Å². The van der Waals surface area contributed by atoms with Crippen LogP contribution in [0.25, 0.3) is 0 Å². The van der Waals surface area contributed by atoms with Crippen LogP contribution in [-0.2, 0) is 0 Å². The molecule has 2 rings (SSSR count). The first-order chi connectivity index (χ1) is 10.9. The predicted molar refractivity (Wildman–Crippen MR) is 98.3 cm³/mol. The highest BCUT2D eigenvalue weighted by Crippen LogP contribution is 2.19. The molecule has 3 nitrogen and oxygen atoms in total. The maximum atomic E-state index is 13.7. The van der Waals surface area contributed by atoms with Crippen molar-refractivity contribution in [3.8, 4) is 0 Å². The Balaban J connectivity index is 2.00. The first kappa shape index (κ1) is 17.6. The molecular formula is C17H16BrFN2OS. The number of thiocarbonyl (C=S) groups is 1. The van der Waals surface area contributed by atoms with Crippen LogP contribution in [0.1, 0.15) is 35.7 Å². The van der Waals surface area contributed by atoms with Gasteiger partial charge in [0.05, 0.1) is 5.69 Å². The average Bonchev–Trinajstić information content (AvgIpc) is 2.50. The Morgan fingerprint density at radius 3 is 2.39 bits per heavy atom. The van der Waals surface area contributed by atoms with Crippen LogP contribution in [0.2, 0.25) is 0 Å². The molecule has 0 saturated carbocycles. The Morgan fingerprint density at radius 2 is 1.83 bits per heavy atom. The molecule has 23 heavy (non-hydrogen) atoms. The lowest BCUT2D eigenvalue weighted by Crippen LogP contribution is -2.34. The molecule has 0 bridgehead atoms. The number of hydrogen-bond acceptors (Lipinski definition) is 2.